The Kier molecular flexibility index (Phi) is 5.64. The Morgan fingerprint density at radius 2 is 1.81 bits per heavy atom. The lowest BCUT2D eigenvalue weighted by Crippen LogP contribution is -2.67. The first-order valence-corrected chi connectivity index (χ1v) is 10.1. The molecule has 2 saturated heterocycles. The monoisotopic (exact) mass is 416 g/mol. The van der Waals surface area contributed by atoms with E-state index in [-0.39, 0.29) is 12.6 Å². The smallest absolute Gasteiger partial charge is 0.115 e. The average Bonchev–Trinajstić information content (AvgIpc) is 2.65. The molecule has 5 nitrogen and oxygen atoms in total. The molecule has 26 heavy (non-hydrogen) atoms. The lowest BCUT2D eigenvalue weighted by Gasteiger charge is -2.57. The fourth-order valence-corrected chi connectivity index (χ4v) is 4.77. The molecule has 3 atom stereocenters. The van der Waals surface area contributed by atoms with Gasteiger partial charge in [-0.1, -0.05) is 28.1 Å². The standard InChI is InChI=1S/C20H25BrN4O/c21-17-5-3-16(4-6-17)20-18-12-24(11-15-9-22-14-23-10-15)7-1-2-8-25(18)19(20)13-26/h3-6,9-10,14,18-20,26H,1-2,7-8,11-13H2/t18-,19-,20+/m0/s1. The molecule has 0 amide bonds. The second-order valence-electron chi connectivity index (χ2n) is 7.32. The molecule has 0 radical (unpaired) electrons. The highest BCUT2D eigenvalue weighted by Crippen LogP contribution is 2.42. The molecular formula is C20H25BrN4O. The lowest BCUT2D eigenvalue weighted by molar-refractivity contribution is -0.0655. The van der Waals surface area contributed by atoms with Crippen LogP contribution >= 0.6 is 15.9 Å². The molecule has 1 N–H and O–H groups in total. The Balaban J connectivity index is 1.54. The van der Waals surface area contributed by atoms with Crippen molar-refractivity contribution in [3.05, 3.63) is 58.6 Å². The van der Waals surface area contributed by atoms with Gasteiger partial charge in [0.25, 0.3) is 0 Å². The van der Waals surface area contributed by atoms with Crippen molar-refractivity contribution in [2.24, 2.45) is 0 Å². The van der Waals surface area contributed by atoms with Gasteiger partial charge in [-0.15, -0.1) is 0 Å². The van der Waals surface area contributed by atoms with Gasteiger partial charge < -0.3 is 5.11 Å². The summed E-state index contributed by atoms with van der Waals surface area (Å²) in [7, 11) is 0. The maximum Gasteiger partial charge on any atom is 0.115 e. The first kappa shape index (κ1) is 18.0. The summed E-state index contributed by atoms with van der Waals surface area (Å²) in [5.74, 6) is 0.390. The molecule has 0 bridgehead atoms. The number of benzene rings is 1. The zero-order valence-corrected chi connectivity index (χ0v) is 16.4. The van der Waals surface area contributed by atoms with Crippen molar-refractivity contribution in [2.75, 3.05) is 26.2 Å². The average molecular weight is 417 g/mol. The molecule has 2 aliphatic rings. The van der Waals surface area contributed by atoms with E-state index >= 15 is 0 Å². The number of fused-ring (bicyclic) bond motifs is 1. The number of hydrogen-bond donors (Lipinski definition) is 1. The summed E-state index contributed by atoms with van der Waals surface area (Å²) in [6.45, 7) is 4.33. The molecule has 2 fully saturated rings. The van der Waals surface area contributed by atoms with Crippen molar-refractivity contribution in [2.45, 2.75) is 37.4 Å². The largest absolute Gasteiger partial charge is 0.395 e. The third-order valence-electron chi connectivity index (χ3n) is 5.73. The third kappa shape index (κ3) is 3.69. The van der Waals surface area contributed by atoms with Crippen LogP contribution in [0.15, 0.2) is 47.5 Å². The van der Waals surface area contributed by atoms with Gasteiger partial charge in [-0.05, 0) is 43.6 Å². The van der Waals surface area contributed by atoms with Crippen LogP contribution in [0.5, 0.6) is 0 Å². The van der Waals surface area contributed by atoms with Gasteiger partial charge in [-0.2, -0.15) is 0 Å². The number of aliphatic hydroxyl groups is 1. The maximum absolute atomic E-state index is 9.99. The third-order valence-corrected chi connectivity index (χ3v) is 6.26. The lowest BCUT2D eigenvalue weighted by atomic mass is 9.74. The summed E-state index contributed by atoms with van der Waals surface area (Å²) < 4.78 is 1.10. The van der Waals surface area contributed by atoms with Gasteiger partial charge in [0.15, 0.2) is 0 Å². The summed E-state index contributed by atoms with van der Waals surface area (Å²) in [6.07, 6.45) is 7.78. The molecule has 0 unspecified atom stereocenters. The molecule has 4 rings (SSSR count). The first-order chi connectivity index (χ1) is 12.8. The molecule has 6 heteroatoms. The highest BCUT2D eigenvalue weighted by atomic mass is 79.9. The van der Waals surface area contributed by atoms with Gasteiger partial charge in [0.2, 0.25) is 0 Å². The van der Waals surface area contributed by atoms with Crippen LogP contribution in [0, 0.1) is 0 Å². The van der Waals surface area contributed by atoms with Crippen molar-refractivity contribution in [3.63, 3.8) is 0 Å². The molecule has 1 aromatic carbocycles. The second-order valence-corrected chi connectivity index (χ2v) is 8.24. The fraction of sp³-hybridized carbons (Fsp3) is 0.500. The van der Waals surface area contributed by atoms with E-state index in [0.717, 1.165) is 36.2 Å². The van der Waals surface area contributed by atoms with E-state index in [1.54, 1.807) is 6.33 Å². The Bertz CT molecular complexity index is 712. The quantitative estimate of drug-likeness (QED) is 0.829. The van der Waals surface area contributed by atoms with Crippen LogP contribution in [0.2, 0.25) is 0 Å². The number of aromatic nitrogens is 2. The Morgan fingerprint density at radius 1 is 1.08 bits per heavy atom. The number of nitrogens with zero attached hydrogens (tertiary/aromatic N) is 4. The molecule has 138 valence electrons. The second kappa shape index (κ2) is 8.13. The summed E-state index contributed by atoms with van der Waals surface area (Å²) in [5.41, 5.74) is 2.50. The number of halogens is 1. The van der Waals surface area contributed by atoms with E-state index in [1.165, 1.54) is 18.4 Å². The molecule has 0 saturated carbocycles. The van der Waals surface area contributed by atoms with Crippen LogP contribution in [0.1, 0.15) is 29.9 Å². The SMILES string of the molecule is OC[C@H]1[C@H](c2ccc(Br)cc2)[C@@H]2CN(Cc3cncnc3)CCCCN12. The van der Waals surface area contributed by atoms with Gasteiger partial charge in [0.1, 0.15) is 6.33 Å². The summed E-state index contributed by atoms with van der Waals surface area (Å²) in [6, 6.07) is 9.30. The molecule has 0 spiro atoms. The van der Waals surface area contributed by atoms with Gasteiger partial charge in [0.05, 0.1) is 6.61 Å². The molecule has 2 aliphatic heterocycles. The van der Waals surface area contributed by atoms with Crippen LogP contribution < -0.4 is 0 Å². The molecule has 1 aromatic heterocycles. The van der Waals surface area contributed by atoms with Crippen LogP contribution in [0.3, 0.4) is 0 Å². The molecule has 0 aliphatic carbocycles. The normalized spacial score (nSPS) is 27.2. The highest BCUT2D eigenvalue weighted by Gasteiger charge is 2.48. The highest BCUT2D eigenvalue weighted by molar-refractivity contribution is 9.10. The van der Waals surface area contributed by atoms with Gasteiger partial charge in [-0.25, -0.2) is 9.97 Å². The van der Waals surface area contributed by atoms with Crippen molar-refractivity contribution < 1.29 is 5.11 Å². The fourth-order valence-electron chi connectivity index (χ4n) is 4.51. The van der Waals surface area contributed by atoms with Gasteiger partial charge in [0, 0.05) is 53.5 Å². The molecule has 2 aromatic rings. The number of rotatable bonds is 4. The summed E-state index contributed by atoms with van der Waals surface area (Å²) in [4.78, 5) is 13.3. The van der Waals surface area contributed by atoms with Crippen molar-refractivity contribution in [1.29, 1.82) is 0 Å². The predicted octanol–water partition coefficient (Wildman–Crippen LogP) is 2.66. The first-order valence-electron chi connectivity index (χ1n) is 9.34. The number of hydrogen-bond acceptors (Lipinski definition) is 5. The zero-order chi connectivity index (χ0) is 17.9. The molecule has 3 heterocycles. The van der Waals surface area contributed by atoms with Gasteiger partial charge >= 0.3 is 0 Å². The van der Waals surface area contributed by atoms with E-state index in [9.17, 15) is 5.11 Å². The Labute approximate surface area is 163 Å². The van der Waals surface area contributed by atoms with Gasteiger partial charge in [-0.3, -0.25) is 9.80 Å². The zero-order valence-electron chi connectivity index (χ0n) is 14.8. The van der Waals surface area contributed by atoms with Crippen LogP contribution in [-0.4, -0.2) is 63.2 Å². The predicted molar refractivity (Wildman–Crippen MR) is 105 cm³/mol. The van der Waals surface area contributed by atoms with E-state index in [0.29, 0.717) is 12.0 Å². The van der Waals surface area contributed by atoms with E-state index in [2.05, 4.69) is 60.0 Å². The van der Waals surface area contributed by atoms with Crippen LogP contribution in [0.25, 0.3) is 0 Å². The minimum atomic E-state index is 0.226. The van der Waals surface area contributed by atoms with Crippen molar-refractivity contribution in [1.82, 2.24) is 19.8 Å². The molecular weight excluding hydrogens is 392 g/mol. The minimum Gasteiger partial charge on any atom is -0.395 e. The minimum absolute atomic E-state index is 0.226. The van der Waals surface area contributed by atoms with E-state index < -0.39 is 0 Å². The Hall–Kier alpha value is -1.34. The van der Waals surface area contributed by atoms with Crippen LogP contribution in [0.4, 0.5) is 0 Å². The van der Waals surface area contributed by atoms with Crippen molar-refractivity contribution in [3.8, 4) is 0 Å². The maximum atomic E-state index is 9.99. The van der Waals surface area contributed by atoms with E-state index in [4.69, 9.17) is 0 Å². The Morgan fingerprint density at radius 3 is 2.54 bits per heavy atom. The van der Waals surface area contributed by atoms with E-state index in [1.807, 2.05) is 12.4 Å². The number of aliphatic hydroxyl groups excluding tert-OH is 1. The van der Waals surface area contributed by atoms with Crippen molar-refractivity contribution >= 4 is 15.9 Å². The van der Waals surface area contributed by atoms with Crippen LogP contribution in [-0.2, 0) is 6.54 Å². The summed E-state index contributed by atoms with van der Waals surface area (Å²) in [5, 5.41) is 9.99. The summed E-state index contributed by atoms with van der Waals surface area (Å²) >= 11 is 3.53. The topological polar surface area (TPSA) is 52.5 Å².